The van der Waals surface area contributed by atoms with E-state index in [0.717, 1.165) is 11.3 Å². The summed E-state index contributed by atoms with van der Waals surface area (Å²) in [5.41, 5.74) is 7.79. The highest BCUT2D eigenvalue weighted by molar-refractivity contribution is 5.89. The van der Waals surface area contributed by atoms with E-state index in [4.69, 9.17) is 5.73 Å². The van der Waals surface area contributed by atoms with E-state index < -0.39 is 0 Å². The van der Waals surface area contributed by atoms with Gasteiger partial charge >= 0.3 is 5.97 Å². The summed E-state index contributed by atoms with van der Waals surface area (Å²) in [7, 11) is 1.36. The average molecular weight is 210 g/mol. The molecule has 0 fully saturated rings. The lowest BCUT2D eigenvalue weighted by Gasteiger charge is -2.15. The molecule has 0 radical (unpaired) electrons. The lowest BCUT2D eigenvalue weighted by molar-refractivity contribution is 0.0593. The average Bonchev–Trinajstić information content (AvgIpc) is 2.59. The first-order valence-corrected chi connectivity index (χ1v) is 4.91. The van der Waals surface area contributed by atoms with E-state index in [1.165, 1.54) is 7.11 Å². The fourth-order valence-electron chi connectivity index (χ4n) is 1.35. The molecule has 0 aliphatic carbocycles. The van der Waals surface area contributed by atoms with Crippen LogP contribution in [-0.4, -0.2) is 18.1 Å². The molecule has 0 bridgehead atoms. The second-order valence-electron chi connectivity index (χ2n) is 4.53. The van der Waals surface area contributed by atoms with Crippen molar-refractivity contribution < 1.29 is 9.53 Å². The number of aromatic amines is 1. The molecule has 0 spiro atoms. The summed E-state index contributed by atoms with van der Waals surface area (Å²) in [6.45, 7) is 6.54. The van der Waals surface area contributed by atoms with E-state index in [9.17, 15) is 4.79 Å². The number of hydrogen-bond donors (Lipinski definition) is 2. The first kappa shape index (κ1) is 11.8. The molecule has 1 heterocycles. The van der Waals surface area contributed by atoms with E-state index in [1.54, 1.807) is 0 Å². The van der Waals surface area contributed by atoms with Crippen molar-refractivity contribution in [1.29, 1.82) is 0 Å². The SMILES string of the molecule is COC(=O)c1[nH]c(C(C)(C)C)cc1CN. The molecule has 0 amide bonds. The van der Waals surface area contributed by atoms with E-state index in [1.807, 2.05) is 6.07 Å². The normalized spacial score (nSPS) is 11.5. The number of aromatic nitrogens is 1. The van der Waals surface area contributed by atoms with Crippen molar-refractivity contribution in [3.63, 3.8) is 0 Å². The molecule has 0 aromatic carbocycles. The Hall–Kier alpha value is -1.29. The zero-order valence-electron chi connectivity index (χ0n) is 9.68. The van der Waals surface area contributed by atoms with Gasteiger partial charge in [-0.25, -0.2) is 4.79 Å². The summed E-state index contributed by atoms with van der Waals surface area (Å²) in [5, 5.41) is 0. The Balaban J connectivity index is 3.17. The molecule has 0 atom stereocenters. The molecular formula is C11H18N2O2. The van der Waals surface area contributed by atoms with Crippen LogP contribution in [-0.2, 0) is 16.7 Å². The van der Waals surface area contributed by atoms with Crippen LogP contribution in [0.3, 0.4) is 0 Å². The quantitative estimate of drug-likeness (QED) is 0.728. The first-order chi connectivity index (χ1) is 6.90. The molecule has 0 saturated carbocycles. The number of nitrogens with one attached hydrogen (secondary N) is 1. The third-order valence-electron chi connectivity index (χ3n) is 2.32. The van der Waals surface area contributed by atoms with E-state index in [-0.39, 0.29) is 11.4 Å². The van der Waals surface area contributed by atoms with Crippen molar-refractivity contribution in [1.82, 2.24) is 4.98 Å². The summed E-state index contributed by atoms with van der Waals surface area (Å²) in [6.07, 6.45) is 0. The van der Waals surface area contributed by atoms with Gasteiger partial charge in [0.2, 0.25) is 0 Å². The maximum Gasteiger partial charge on any atom is 0.354 e. The summed E-state index contributed by atoms with van der Waals surface area (Å²) >= 11 is 0. The Morgan fingerprint density at radius 2 is 2.13 bits per heavy atom. The monoisotopic (exact) mass is 210 g/mol. The highest BCUT2D eigenvalue weighted by Gasteiger charge is 2.21. The maximum absolute atomic E-state index is 11.4. The van der Waals surface area contributed by atoms with Crippen molar-refractivity contribution in [2.45, 2.75) is 32.7 Å². The minimum Gasteiger partial charge on any atom is -0.464 e. The number of esters is 1. The van der Waals surface area contributed by atoms with Gasteiger partial charge in [0, 0.05) is 17.7 Å². The molecule has 1 rings (SSSR count). The predicted octanol–water partition coefficient (Wildman–Crippen LogP) is 1.56. The number of carbonyl (C=O) groups excluding carboxylic acids is 1. The maximum atomic E-state index is 11.4. The Labute approximate surface area is 89.8 Å². The summed E-state index contributed by atoms with van der Waals surface area (Å²) in [5.74, 6) is -0.369. The number of ether oxygens (including phenoxy) is 1. The van der Waals surface area contributed by atoms with Crippen molar-refractivity contribution >= 4 is 5.97 Å². The summed E-state index contributed by atoms with van der Waals surface area (Å²) in [6, 6.07) is 1.92. The van der Waals surface area contributed by atoms with Crippen molar-refractivity contribution in [3.05, 3.63) is 23.0 Å². The Morgan fingerprint density at radius 1 is 1.53 bits per heavy atom. The van der Waals surface area contributed by atoms with Crippen molar-refractivity contribution in [3.8, 4) is 0 Å². The van der Waals surface area contributed by atoms with Crippen LogP contribution in [0.4, 0.5) is 0 Å². The smallest absolute Gasteiger partial charge is 0.354 e. The third-order valence-corrected chi connectivity index (χ3v) is 2.32. The molecule has 1 aromatic heterocycles. The van der Waals surface area contributed by atoms with E-state index >= 15 is 0 Å². The van der Waals surface area contributed by atoms with Crippen LogP contribution in [0, 0.1) is 0 Å². The van der Waals surface area contributed by atoms with Gasteiger partial charge in [-0.05, 0) is 11.6 Å². The number of H-pyrrole nitrogens is 1. The van der Waals surface area contributed by atoms with Crippen molar-refractivity contribution in [2.24, 2.45) is 5.73 Å². The standard InChI is InChI=1S/C11H18N2O2/c1-11(2,3)8-5-7(6-12)9(13-8)10(14)15-4/h5,13H,6,12H2,1-4H3. The van der Waals surface area contributed by atoms with Gasteiger partial charge in [-0.15, -0.1) is 0 Å². The lowest BCUT2D eigenvalue weighted by atomic mass is 9.92. The van der Waals surface area contributed by atoms with Crippen LogP contribution in [0.5, 0.6) is 0 Å². The number of nitrogens with two attached hydrogens (primary N) is 1. The molecule has 4 heteroatoms. The zero-order chi connectivity index (χ0) is 11.6. The molecule has 3 N–H and O–H groups in total. The Morgan fingerprint density at radius 3 is 2.53 bits per heavy atom. The molecule has 0 aliphatic rings. The Kier molecular flexibility index (Phi) is 3.19. The van der Waals surface area contributed by atoms with Crippen LogP contribution >= 0.6 is 0 Å². The fourth-order valence-corrected chi connectivity index (χ4v) is 1.35. The van der Waals surface area contributed by atoms with Crippen LogP contribution in [0.25, 0.3) is 0 Å². The highest BCUT2D eigenvalue weighted by Crippen LogP contribution is 2.24. The van der Waals surface area contributed by atoms with Gasteiger partial charge in [0.05, 0.1) is 7.11 Å². The molecule has 0 unspecified atom stereocenters. The van der Waals surface area contributed by atoms with E-state index in [0.29, 0.717) is 12.2 Å². The van der Waals surface area contributed by atoms with Crippen LogP contribution in [0.15, 0.2) is 6.07 Å². The van der Waals surface area contributed by atoms with Gasteiger partial charge in [-0.1, -0.05) is 20.8 Å². The zero-order valence-corrected chi connectivity index (χ0v) is 9.68. The predicted molar refractivity (Wildman–Crippen MR) is 58.7 cm³/mol. The van der Waals surface area contributed by atoms with Gasteiger partial charge in [0.25, 0.3) is 0 Å². The second kappa shape index (κ2) is 4.06. The van der Waals surface area contributed by atoms with Gasteiger partial charge in [-0.3, -0.25) is 0 Å². The van der Waals surface area contributed by atoms with Crippen LogP contribution in [0.1, 0.15) is 42.5 Å². The molecule has 1 aromatic rings. The minimum atomic E-state index is -0.369. The van der Waals surface area contributed by atoms with Crippen molar-refractivity contribution in [2.75, 3.05) is 7.11 Å². The molecular weight excluding hydrogens is 192 g/mol. The highest BCUT2D eigenvalue weighted by atomic mass is 16.5. The minimum absolute atomic E-state index is 0.0316. The molecule has 15 heavy (non-hydrogen) atoms. The molecule has 4 nitrogen and oxygen atoms in total. The number of rotatable bonds is 2. The number of carbonyl (C=O) groups is 1. The largest absolute Gasteiger partial charge is 0.464 e. The van der Waals surface area contributed by atoms with Crippen LogP contribution in [0.2, 0.25) is 0 Å². The molecule has 84 valence electrons. The van der Waals surface area contributed by atoms with Gasteiger partial charge in [0.1, 0.15) is 5.69 Å². The van der Waals surface area contributed by atoms with E-state index in [2.05, 4.69) is 30.5 Å². The first-order valence-electron chi connectivity index (χ1n) is 4.91. The second-order valence-corrected chi connectivity index (χ2v) is 4.53. The molecule has 0 saturated heterocycles. The summed E-state index contributed by atoms with van der Waals surface area (Å²) < 4.78 is 4.68. The Bertz CT molecular complexity index is 361. The third kappa shape index (κ3) is 2.39. The van der Waals surface area contributed by atoms with Gasteiger partial charge < -0.3 is 15.5 Å². The lowest BCUT2D eigenvalue weighted by Crippen LogP contribution is -2.12. The van der Waals surface area contributed by atoms with Gasteiger partial charge in [0.15, 0.2) is 0 Å². The summed E-state index contributed by atoms with van der Waals surface area (Å²) in [4.78, 5) is 14.5. The van der Waals surface area contributed by atoms with Gasteiger partial charge in [-0.2, -0.15) is 0 Å². The number of methoxy groups -OCH3 is 1. The topological polar surface area (TPSA) is 68.1 Å². The number of hydrogen-bond acceptors (Lipinski definition) is 3. The van der Waals surface area contributed by atoms with Crippen LogP contribution < -0.4 is 5.73 Å². The molecule has 0 aliphatic heterocycles. The fraction of sp³-hybridized carbons (Fsp3) is 0.545.